The number of carbonyl (C=O) groups is 3. The molecule has 0 bridgehead atoms. The number of nitrogens with one attached hydrogen (secondary N) is 2. The molecule has 0 radical (unpaired) electrons. The molecule has 7 heteroatoms. The number of carboxylic acids is 1. The molecule has 0 aliphatic heterocycles. The number of nitrogens with two attached hydrogens (primary N) is 1. The molecule has 0 saturated heterocycles. The molecule has 120 valence electrons. The van der Waals surface area contributed by atoms with Crippen molar-refractivity contribution in [1.82, 2.24) is 10.6 Å². The van der Waals surface area contributed by atoms with Crippen LogP contribution in [0.3, 0.4) is 0 Å². The van der Waals surface area contributed by atoms with Crippen LogP contribution in [0.4, 0.5) is 4.79 Å². The van der Waals surface area contributed by atoms with E-state index in [1.54, 1.807) is 0 Å². The molecule has 0 unspecified atom stereocenters. The predicted octanol–water partition coefficient (Wildman–Crippen LogP) is 0.637. The molecule has 22 heavy (non-hydrogen) atoms. The Morgan fingerprint density at radius 1 is 1.18 bits per heavy atom. The van der Waals surface area contributed by atoms with Gasteiger partial charge in [0.2, 0.25) is 5.91 Å². The van der Waals surface area contributed by atoms with Gasteiger partial charge in [0.05, 0.1) is 0 Å². The highest BCUT2D eigenvalue weighted by atomic mass is 16.4. The molecule has 7 nitrogen and oxygen atoms in total. The molecule has 0 fully saturated rings. The average molecular weight is 307 g/mol. The maximum atomic E-state index is 11.8. The Labute approximate surface area is 128 Å². The highest BCUT2D eigenvalue weighted by Gasteiger charge is 2.19. The van der Waals surface area contributed by atoms with Gasteiger partial charge in [-0.05, 0) is 24.8 Å². The van der Waals surface area contributed by atoms with Gasteiger partial charge in [0.15, 0.2) is 0 Å². The van der Waals surface area contributed by atoms with Crippen LogP contribution in [0.5, 0.6) is 0 Å². The largest absolute Gasteiger partial charge is 0.480 e. The molecule has 3 amide bonds. The monoisotopic (exact) mass is 307 g/mol. The van der Waals surface area contributed by atoms with Gasteiger partial charge in [-0.2, -0.15) is 0 Å². The minimum Gasteiger partial charge on any atom is -0.480 e. The number of primary amides is 1. The molecule has 1 atom stereocenters. The molecule has 1 aromatic rings. The lowest BCUT2D eigenvalue weighted by molar-refractivity contribution is -0.142. The lowest BCUT2D eigenvalue weighted by Crippen LogP contribution is -2.41. The fraction of sp³-hybridized carbons (Fsp3) is 0.400. The summed E-state index contributed by atoms with van der Waals surface area (Å²) < 4.78 is 0. The van der Waals surface area contributed by atoms with Gasteiger partial charge in [0, 0.05) is 13.0 Å². The summed E-state index contributed by atoms with van der Waals surface area (Å²) in [5.74, 6) is -1.40. The Balaban J connectivity index is 2.34. The van der Waals surface area contributed by atoms with Crippen molar-refractivity contribution >= 4 is 17.9 Å². The van der Waals surface area contributed by atoms with Crippen LogP contribution in [-0.2, 0) is 16.0 Å². The van der Waals surface area contributed by atoms with Crippen LogP contribution in [-0.4, -0.2) is 35.6 Å². The van der Waals surface area contributed by atoms with Crippen molar-refractivity contribution in [3.63, 3.8) is 0 Å². The molecule has 0 aromatic heterocycles. The fourth-order valence-electron chi connectivity index (χ4n) is 1.94. The Kier molecular flexibility index (Phi) is 7.45. The van der Waals surface area contributed by atoms with E-state index in [0.29, 0.717) is 12.8 Å². The minimum atomic E-state index is -1.09. The van der Waals surface area contributed by atoms with Gasteiger partial charge in [-0.1, -0.05) is 30.3 Å². The van der Waals surface area contributed by atoms with E-state index < -0.39 is 18.0 Å². The van der Waals surface area contributed by atoms with E-state index in [1.807, 2.05) is 30.3 Å². The van der Waals surface area contributed by atoms with Crippen molar-refractivity contribution in [1.29, 1.82) is 0 Å². The number of amides is 3. The molecule has 1 rings (SSSR count). The van der Waals surface area contributed by atoms with E-state index in [4.69, 9.17) is 10.8 Å². The molecule has 0 heterocycles. The zero-order valence-corrected chi connectivity index (χ0v) is 12.2. The summed E-state index contributed by atoms with van der Waals surface area (Å²) >= 11 is 0. The van der Waals surface area contributed by atoms with Crippen LogP contribution >= 0.6 is 0 Å². The van der Waals surface area contributed by atoms with Crippen molar-refractivity contribution in [2.24, 2.45) is 5.73 Å². The molecular weight excluding hydrogens is 286 g/mol. The van der Waals surface area contributed by atoms with Gasteiger partial charge >= 0.3 is 12.0 Å². The molecule has 0 spiro atoms. The standard InChI is InChI=1S/C15H21N3O4/c16-15(22)17-10-4-7-12(14(20)21)18-13(19)9-8-11-5-2-1-3-6-11/h1-3,5-6,12H,4,7-10H2,(H,18,19)(H,20,21)(H3,16,17,22)/t12-/m0/s1. The first-order valence-corrected chi connectivity index (χ1v) is 7.08. The average Bonchev–Trinajstić information content (AvgIpc) is 2.48. The van der Waals surface area contributed by atoms with Crippen LogP contribution in [0.1, 0.15) is 24.8 Å². The zero-order chi connectivity index (χ0) is 16.4. The smallest absolute Gasteiger partial charge is 0.326 e. The molecular formula is C15H21N3O4. The van der Waals surface area contributed by atoms with Gasteiger partial charge in [0.25, 0.3) is 0 Å². The van der Waals surface area contributed by atoms with E-state index >= 15 is 0 Å². The Hall–Kier alpha value is -2.57. The normalized spacial score (nSPS) is 11.5. The number of urea groups is 1. The number of hydrogen-bond donors (Lipinski definition) is 4. The third-order valence-corrected chi connectivity index (χ3v) is 3.09. The van der Waals surface area contributed by atoms with E-state index in [0.717, 1.165) is 5.56 Å². The summed E-state index contributed by atoms with van der Waals surface area (Å²) in [6.07, 6.45) is 1.43. The quantitative estimate of drug-likeness (QED) is 0.500. The summed E-state index contributed by atoms with van der Waals surface area (Å²) in [4.78, 5) is 33.4. The van der Waals surface area contributed by atoms with Crippen LogP contribution in [0.15, 0.2) is 30.3 Å². The first-order chi connectivity index (χ1) is 10.5. The van der Waals surface area contributed by atoms with E-state index in [-0.39, 0.29) is 25.3 Å². The Bertz CT molecular complexity index is 505. The number of rotatable bonds is 9. The highest BCUT2D eigenvalue weighted by molar-refractivity contribution is 5.83. The van der Waals surface area contributed by atoms with Gasteiger partial charge in [-0.25, -0.2) is 9.59 Å². The Morgan fingerprint density at radius 3 is 2.45 bits per heavy atom. The van der Waals surface area contributed by atoms with Gasteiger partial charge < -0.3 is 21.5 Å². The Morgan fingerprint density at radius 2 is 1.86 bits per heavy atom. The van der Waals surface area contributed by atoms with Crippen molar-refractivity contribution in [2.45, 2.75) is 31.7 Å². The van der Waals surface area contributed by atoms with Crippen LogP contribution in [0.25, 0.3) is 0 Å². The number of aryl methyl sites for hydroxylation is 1. The summed E-state index contributed by atoms with van der Waals surface area (Å²) in [7, 11) is 0. The first-order valence-electron chi connectivity index (χ1n) is 7.08. The zero-order valence-electron chi connectivity index (χ0n) is 12.2. The summed E-state index contributed by atoms with van der Waals surface area (Å²) in [5.41, 5.74) is 5.93. The maximum absolute atomic E-state index is 11.8. The SMILES string of the molecule is NC(=O)NCCC[C@H](NC(=O)CCc1ccccc1)C(=O)O. The first kappa shape index (κ1) is 17.5. The summed E-state index contributed by atoms with van der Waals surface area (Å²) in [6, 6.07) is 7.88. The number of benzene rings is 1. The number of aliphatic carboxylic acids is 1. The topological polar surface area (TPSA) is 122 Å². The van der Waals surface area contributed by atoms with Gasteiger partial charge in [-0.15, -0.1) is 0 Å². The maximum Gasteiger partial charge on any atom is 0.326 e. The molecule has 1 aromatic carbocycles. The molecule has 0 aliphatic carbocycles. The van der Waals surface area contributed by atoms with Gasteiger partial charge in [-0.3, -0.25) is 4.79 Å². The van der Waals surface area contributed by atoms with Crippen LogP contribution in [0.2, 0.25) is 0 Å². The van der Waals surface area contributed by atoms with Crippen molar-refractivity contribution in [3.8, 4) is 0 Å². The van der Waals surface area contributed by atoms with Crippen LogP contribution in [0, 0.1) is 0 Å². The lowest BCUT2D eigenvalue weighted by atomic mass is 10.1. The molecule has 0 aliphatic rings. The molecule has 5 N–H and O–H groups in total. The van der Waals surface area contributed by atoms with Gasteiger partial charge in [0.1, 0.15) is 6.04 Å². The van der Waals surface area contributed by atoms with E-state index in [9.17, 15) is 14.4 Å². The van der Waals surface area contributed by atoms with Crippen molar-refractivity contribution in [3.05, 3.63) is 35.9 Å². The van der Waals surface area contributed by atoms with E-state index in [2.05, 4.69) is 10.6 Å². The van der Waals surface area contributed by atoms with Crippen molar-refractivity contribution in [2.75, 3.05) is 6.54 Å². The van der Waals surface area contributed by atoms with Crippen LogP contribution < -0.4 is 16.4 Å². The number of carboxylic acid groups (broad SMARTS) is 1. The predicted molar refractivity (Wildman–Crippen MR) is 81.1 cm³/mol. The third-order valence-electron chi connectivity index (χ3n) is 3.09. The summed E-state index contributed by atoms with van der Waals surface area (Å²) in [6.45, 7) is 0.277. The molecule has 0 saturated carbocycles. The van der Waals surface area contributed by atoms with E-state index in [1.165, 1.54) is 0 Å². The second-order valence-electron chi connectivity index (χ2n) is 4.88. The summed E-state index contributed by atoms with van der Waals surface area (Å²) in [5, 5.41) is 14.0. The second kappa shape index (κ2) is 9.38. The van der Waals surface area contributed by atoms with Crippen molar-refractivity contribution < 1.29 is 19.5 Å². The number of carbonyl (C=O) groups excluding carboxylic acids is 2. The minimum absolute atomic E-state index is 0.229. The third kappa shape index (κ3) is 7.28. The fourth-order valence-corrected chi connectivity index (χ4v) is 1.94. The lowest BCUT2D eigenvalue weighted by Gasteiger charge is -2.14. The highest BCUT2D eigenvalue weighted by Crippen LogP contribution is 2.03. The second-order valence-corrected chi connectivity index (χ2v) is 4.88. The number of hydrogen-bond acceptors (Lipinski definition) is 3.